The highest BCUT2D eigenvalue weighted by atomic mass is 19.1. The Morgan fingerprint density at radius 3 is 2.94 bits per heavy atom. The molecule has 0 atom stereocenters. The molecular weight excluding hydrogens is 221 g/mol. The number of rotatable bonds is 5. The summed E-state index contributed by atoms with van der Waals surface area (Å²) in [5, 5.41) is 14.3. The molecule has 1 amide bonds. The Morgan fingerprint density at radius 1 is 1.53 bits per heavy atom. The fourth-order valence-corrected chi connectivity index (χ4v) is 1.36. The van der Waals surface area contributed by atoms with E-state index in [1.807, 2.05) is 13.1 Å². The zero-order valence-corrected chi connectivity index (χ0v) is 9.59. The number of halogens is 1. The van der Waals surface area contributed by atoms with Crippen molar-refractivity contribution >= 4 is 11.6 Å². The number of anilines is 1. The van der Waals surface area contributed by atoms with Crippen molar-refractivity contribution in [2.24, 2.45) is 0 Å². The molecule has 1 aromatic rings. The maximum atomic E-state index is 12.8. The van der Waals surface area contributed by atoms with Crippen LogP contribution in [0.25, 0.3) is 0 Å². The van der Waals surface area contributed by atoms with Crippen molar-refractivity contribution in [2.45, 2.75) is 12.8 Å². The predicted molar refractivity (Wildman–Crippen MR) is 62.9 cm³/mol. The van der Waals surface area contributed by atoms with Gasteiger partial charge in [0, 0.05) is 6.42 Å². The molecule has 0 aliphatic rings. The van der Waals surface area contributed by atoms with Gasteiger partial charge in [0.05, 0.1) is 11.3 Å². The van der Waals surface area contributed by atoms with Crippen molar-refractivity contribution in [1.29, 1.82) is 5.26 Å². The minimum Gasteiger partial charge on any atom is -0.325 e. The molecule has 0 heterocycles. The molecule has 0 fully saturated rings. The Kier molecular flexibility index (Phi) is 5.11. The number of nitrogens with zero attached hydrogens (tertiary/aromatic N) is 1. The van der Waals surface area contributed by atoms with Gasteiger partial charge in [-0.05, 0) is 38.2 Å². The summed E-state index contributed by atoms with van der Waals surface area (Å²) in [4.78, 5) is 11.5. The van der Waals surface area contributed by atoms with Crippen molar-refractivity contribution < 1.29 is 9.18 Å². The molecule has 0 unspecified atom stereocenters. The van der Waals surface area contributed by atoms with Crippen molar-refractivity contribution in [3.8, 4) is 6.07 Å². The largest absolute Gasteiger partial charge is 0.325 e. The molecule has 0 saturated heterocycles. The number of hydrogen-bond acceptors (Lipinski definition) is 3. The molecule has 2 N–H and O–H groups in total. The van der Waals surface area contributed by atoms with E-state index in [9.17, 15) is 9.18 Å². The van der Waals surface area contributed by atoms with E-state index in [1.165, 1.54) is 12.1 Å². The lowest BCUT2D eigenvalue weighted by Crippen LogP contribution is -2.15. The first-order valence-corrected chi connectivity index (χ1v) is 5.31. The Morgan fingerprint density at radius 2 is 2.29 bits per heavy atom. The Balaban J connectivity index is 2.62. The summed E-state index contributed by atoms with van der Waals surface area (Å²) >= 11 is 0. The molecule has 0 aliphatic heterocycles. The van der Waals surface area contributed by atoms with Gasteiger partial charge in [-0.2, -0.15) is 5.26 Å². The zero-order valence-electron chi connectivity index (χ0n) is 9.59. The molecule has 17 heavy (non-hydrogen) atoms. The monoisotopic (exact) mass is 235 g/mol. The van der Waals surface area contributed by atoms with Crippen LogP contribution in [0.5, 0.6) is 0 Å². The second-order valence-electron chi connectivity index (χ2n) is 3.56. The smallest absolute Gasteiger partial charge is 0.224 e. The number of benzene rings is 1. The highest BCUT2D eigenvalue weighted by Crippen LogP contribution is 2.16. The van der Waals surface area contributed by atoms with Crippen LogP contribution < -0.4 is 10.6 Å². The third kappa shape index (κ3) is 4.21. The van der Waals surface area contributed by atoms with Crippen molar-refractivity contribution in [2.75, 3.05) is 18.9 Å². The van der Waals surface area contributed by atoms with E-state index in [4.69, 9.17) is 5.26 Å². The lowest BCUT2D eigenvalue weighted by Gasteiger charge is -2.06. The minimum atomic E-state index is -0.491. The van der Waals surface area contributed by atoms with Gasteiger partial charge in [-0.1, -0.05) is 0 Å². The van der Waals surface area contributed by atoms with Gasteiger partial charge in [0.1, 0.15) is 11.9 Å². The fraction of sp³-hybridized carbons (Fsp3) is 0.333. The summed E-state index contributed by atoms with van der Waals surface area (Å²) in [5.41, 5.74) is 0.482. The van der Waals surface area contributed by atoms with Gasteiger partial charge < -0.3 is 10.6 Å². The maximum absolute atomic E-state index is 12.8. The van der Waals surface area contributed by atoms with Gasteiger partial charge in [-0.25, -0.2) is 4.39 Å². The number of amides is 1. The zero-order chi connectivity index (χ0) is 12.7. The average molecular weight is 235 g/mol. The van der Waals surface area contributed by atoms with Crippen molar-refractivity contribution in [3.05, 3.63) is 29.6 Å². The molecule has 4 nitrogen and oxygen atoms in total. The van der Waals surface area contributed by atoms with Gasteiger partial charge in [0.15, 0.2) is 0 Å². The number of nitrogens with one attached hydrogen (secondary N) is 2. The normalized spacial score (nSPS) is 9.71. The van der Waals surface area contributed by atoms with Crippen LogP contribution in [0.2, 0.25) is 0 Å². The molecular formula is C12H14FN3O. The van der Waals surface area contributed by atoms with Crippen LogP contribution in [0.4, 0.5) is 10.1 Å². The number of carbonyl (C=O) groups is 1. The molecule has 5 heteroatoms. The molecule has 1 aromatic carbocycles. The fourth-order valence-electron chi connectivity index (χ4n) is 1.36. The van der Waals surface area contributed by atoms with E-state index in [0.29, 0.717) is 18.5 Å². The Labute approximate surface area is 99.4 Å². The lowest BCUT2D eigenvalue weighted by molar-refractivity contribution is -0.116. The SMILES string of the molecule is CNCCCC(=O)Nc1ccc(F)cc1C#N. The van der Waals surface area contributed by atoms with Gasteiger partial charge in [-0.3, -0.25) is 4.79 Å². The molecule has 90 valence electrons. The van der Waals surface area contributed by atoms with E-state index < -0.39 is 5.82 Å². The molecule has 0 spiro atoms. The second-order valence-corrected chi connectivity index (χ2v) is 3.56. The molecule has 0 saturated carbocycles. The van der Waals surface area contributed by atoms with E-state index >= 15 is 0 Å². The third-order valence-corrected chi connectivity index (χ3v) is 2.21. The van der Waals surface area contributed by atoms with Gasteiger partial charge in [0.2, 0.25) is 5.91 Å². The molecule has 0 bridgehead atoms. The molecule has 1 rings (SSSR count). The first-order valence-electron chi connectivity index (χ1n) is 5.31. The van der Waals surface area contributed by atoms with Crippen molar-refractivity contribution in [1.82, 2.24) is 5.32 Å². The van der Waals surface area contributed by atoms with Crippen LogP contribution in [-0.2, 0) is 4.79 Å². The van der Waals surface area contributed by atoms with E-state index in [0.717, 1.165) is 12.6 Å². The average Bonchev–Trinajstić information content (AvgIpc) is 2.32. The Hall–Kier alpha value is -1.93. The highest BCUT2D eigenvalue weighted by molar-refractivity contribution is 5.92. The number of nitriles is 1. The van der Waals surface area contributed by atoms with Crippen LogP contribution in [0, 0.1) is 17.1 Å². The van der Waals surface area contributed by atoms with E-state index in [2.05, 4.69) is 10.6 Å². The van der Waals surface area contributed by atoms with Crippen LogP contribution in [0.3, 0.4) is 0 Å². The maximum Gasteiger partial charge on any atom is 0.224 e. The summed E-state index contributed by atoms with van der Waals surface area (Å²) < 4.78 is 12.8. The van der Waals surface area contributed by atoms with Crippen LogP contribution in [0.15, 0.2) is 18.2 Å². The first kappa shape index (κ1) is 13.1. The molecule has 0 aromatic heterocycles. The Bertz CT molecular complexity index is 440. The van der Waals surface area contributed by atoms with E-state index in [-0.39, 0.29) is 11.5 Å². The topological polar surface area (TPSA) is 64.9 Å². The quantitative estimate of drug-likeness (QED) is 0.762. The standard InChI is InChI=1S/C12H14FN3O/c1-15-6-2-3-12(17)16-11-5-4-10(13)7-9(11)8-14/h4-5,7,15H,2-3,6H2,1H3,(H,16,17). The highest BCUT2D eigenvalue weighted by Gasteiger charge is 2.07. The third-order valence-electron chi connectivity index (χ3n) is 2.21. The van der Waals surface area contributed by atoms with Crippen LogP contribution in [0.1, 0.15) is 18.4 Å². The first-order chi connectivity index (χ1) is 8.17. The number of hydrogen-bond donors (Lipinski definition) is 2. The molecule has 0 radical (unpaired) electrons. The lowest BCUT2D eigenvalue weighted by atomic mass is 10.2. The summed E-state index contributed by atoms with van der Waals surface area (Å²) in [6.45, 7) is 0.752. The van der Waals surface area contributed by atoms with Gasteiger partial charge in [-0.15, -0.1) is 0 Å². The second kappa shape index (κ2) is 6.61. The van der Waals surface area contributed by atoms with Gasteiger partial charge in [0.25, 0.3) is 0 Å². The van der Waals surface area contributed by atoms with Gasteiger partial charge >= 0.3 is 0 Å². The summed E-state index contributed by atoms with van der Waals surface area (Å²) in [6.07, 6.45) is 1.08. The van der Waals surface area contributed by atoms with Crippen LogP contribution >= 0.6 is 0 Å². The van der Waals surface area contributed by atoms with Crippen molar-refractivity contribution in [3.63, 3.8) is 0 Å². The van der Waals surface area contributed by atoms with E-state index in [1.54, 1.807) is 0 Å². The predicted octanol–water partition coefficient (Wildman–Crippen LogP) is 1.64. The summed E-state index contributed by atoms with van der Waals surface area (Å²) in [6, 6.07) is 5.55. The van der Waals surface area contributed by atoms with Crippen LogP contribution in [-0.4, -0.2) is 19.5 Å². The molecule has 0 aliphatic carbocycles. The summed E-state index contributed by atoms with van der Waals surface area (Å²) in [5.74, 6) is -0.668. The number of carbonyl (C=O) groups excluding carboxylic acids is 1. The minimum absolute atomic E-state index is 0.131. The summed E-state index contributed by atoms with van der Waals surface area (Å²) in [7, 11) is 1.81.